The van der Waals surface area contributed by atoms with Gasteiger partial charge < -0.3 is 5.32 Å². The predicted molar refractivity (Wildman–Crippen MR) is 93.0 cm³/mol. The van der Waals surface area contributed by atoms with Crippen molar-refractivity contribution in [1.82, 2.24) is 5.32 Å². The highest BCUT2D eigenvalue weighted by Gasteiger charge is 2.23. The molecule has 0 heterocycles. The van der Waals surface area contributed by atoms with Crippen molar-refractivity contribution in [1.29, 1.82) is 0 Å². The fraction of sp³-hybridized carbons (Fsp3) is 0.611. The van der Waals surface area contributed by atoms with Crippen molar-refractivity contribution in [2.24, 2.45) is 5.92 Å². The number of carbonyl (C=O) groups excluding carboxylic acids is 1. The number of carbonyl (C=O) groups is 1. The van der Waals surface area contributed by atoms with Crippen LogP contribution in [0.4, 0.5) is 0 Å². The lowest BCUT2D eigenvalue weighted by molar-refractivity contribution is -0.119. The minimum Gasteiger partial charge on any atom is -0.352 e. The van der Waals surface area contributed by atoms with E-state index in [9.17, 15) is 13.2 Å². The average molecular weight is 337 g/mol. The highest BCUT2D eigenvalue weighted by atomic mass is 32.2. The van der Waals surface area contributed by atoms with E-state index in [0.717, 1.165) is 31.2 Å². The SMILES string of the molecule is CC1CCCC(NC(=O)CS(=O)(=O)CCCc2ccccc2)C1. The quantitative estimate of drug-likeness (QED) is 0.832. The summed E-state index contributed by atoms with van der Waals surface area (Å²) in [5.41, 5.74) is 1.13. The molecule has 1 saturated carbocycles. The van der Waals surface area contributed by atoms with Crippen LogP contribution in [0.25, 0.3) is 0 Å². The summed E-state index contributed by atoms with van der Waals surface area (Å²) in [5.74, 6) is -0.0522. The fourth-order valence-electron chi connectivity index (χ4n) is 3.25. The largest absolute Gasteiger partial charge is 0.352 e. The van der Waals surface area contributed by atoms with Crippen molar-refractivity contribution in [3.63, 3.8) is 0 Å². The number of nitrogens with one attached hydrogen (secondary N) is 1. The summed E-state index contributed by atoms with van der Waals surface area (Å²) in [6.07, 6.45) is 5.51. The highest BCUT2D eigenvalue weighted by Crippen LogP contribution is 2.23. The molecule has 2 rings (SSSR count). The van der Waals surface area contributed by atoms with E-state index in [1.807, 2.05) is 30.3 Å². The van der Waals surface area contributed by atoms with E-state index in [4.69, 9.17) is 0 Å². The lowest BCUT2D eigenvalue weighted by Gasteiger charge is -2.27. The molecule has 0 aliphatic heterocycles. The molecular weight excluding hydrogens is 310 g/mol. The van der Waals surface area contributed by atoms with Gasteiger partial charge in [0.05, 0.1) is 5.75 Å². The summed E-state index contributed by atoms with van der Waals surface area (Å²) in [5, 5.41) is 2.90. The first-order valence-corrected chi connectivity index (χ1v) is 10.3. The van der Waals surface area contributed by atoms with Crippen LogP contribution in [0.3, 0.4) is 0 Å². The molecule has 0 radical (unpaired) electrons. The van der Waals surface area contributed by atoms with Crippen LogP contribution in [-0.4, -0.2) is 31.9 Å². The van der Waals surface area contributed by atoms with Gasteiger partial charge in [-0.1, -0.05) is 50.1 Å². The van der Waals surface area contributed by atoms with E-state index in [0.29, 0.717) is 12.3 Å². The zero-order valence-electron chi connectivity index (χ0n) is 13.8. The Hall–Kier alpha value is -1.36. The van der Waals surface area contributed by atoms with Gasteiger partial charge >= 0.3 is 0 Å². The zero-order valence-corrected chi connectivity index (χ0v) is 14.6. The normalized spacial score (nSPS) is 21.8. The van der Waals surface area contributed by atoms with Crippen molar-refractivity contribution in [2.45, 2.75) is 51.5 Å². The smallest absolute Gasteiger partial charge is 0.235 e. The summed E-state index contributed by atoms with van der Waals surface area (Å²) in [7, 11) is -3.33. The number of benzene rings is 1. The van der Waals surface area contributed by atoms with E-state index >= 15 is 0 Å². The van der Waals surface area contributed by atoms with Crippen LogP contribution in [-0.2, 0) is 21.1 Å². The highest BCUT2D eigenvalue weighted by molar-refractivity contribution is 7.92. The molecule has 0 saturated heterocycles. The number of sulfone groups is 1. The Morgan fingerprint density at radius 2 is 1.96 bits per heavy atom. The van der Waals surface area contributed by atoms with Crippen LogP contribution >= 0.6 is 0 Å². The van der Waals surface area contributed by atoms with Gasteiger partial charge in [-0.05, 0) is 37.2 Å². The molecule has 1 N–H and O–H groups in total. The molecule has 1 aromatic carbocycles. The third-order valence-corrected chi connectivity index (χ3v) is 6.03. The van der Waals surface area contributed by atoms with Gasteiger partial charge in [0.2, 0.25) is 5.91 Å². The Kier molecular flexibility index (Phi) is 6.63. The van der Waals surface area contributed by atoms with E-state index in [2.05, 4.69) is 12.2 Å². The monoisotopic (exact) mass is 337 g/mol. The fourth-order valence-corrected chi connectivity index (χ4v) is 4.46. The second-order valence-electron chi connectivity index (χ2n) is 6.72. The maximum atomic E-state index is 12.1. The van der Waals surface area contributed by atoms with E-state index in [-0.39, 0.29) is 23.5 Å². The first kappa shape index (κ1) is 18.0. The molecule has 1 fully saturated rings. The van der Waals surface area contributed by atoms with Crippen molar-refractivity contribution in [3.05, 3.63) is 35.9 Å². The predicted octanol–water partition coefficient (Wildman–Crippen LogP) is 2.73. The number of amides is 1. The van der Waals surface area contributed by atoms with Crippen molar-refractivity contribution in [3.8, 4) is 0 Å². The lowest BCUT2D eigenvalue weighted by Crippen LogP contribution is -2.41. The topological polar surface area (TPSA) is 63.2 Å². The zero-order chi connectivity index (χ0) is 16.7. The Balaban J connectivity index is 1.73. The number of hydrogen-bond donors (Lipinski definition) is 1. The minimum atomic E-state index is -3.33. The van der Waals surface area contributed by atoms with Crippen LogP contribution < -0.4 is 5.32 Å². The minimum absolute atomic E-state index is 0.0659. The van der Waals surface area contributed by atoms with Gasteiger partial charge in [-0.3, -0.25) is 4.79 Å². The molecule has 0 spiro atoms. The Bertz CT molecular complexity index is 598. The van der Waals surface area contributed by atoms with E-state index in [1.165, 1.54) is 6.42 Å². The molecule has 128 valence electrons. The lowest BCUT2D eigenvalue weighted by atomic mass is 9.87. The molecule has 4 nitrogen and oxygen atoms in total. The van der Waals surface area contributed by atoms with Crippen LogP contribution in [0.5, 0.6) is 0 Å². The van der Waals surface area contributed by atoms with Crippen molar-refractivity contribution < 1.29 is 13.2 Å². The Morgan fingerprint density at radius 1 is 1.22 bits per heavy atom. The third-order valence-electron chi connectivity index (χ3n) is 4.42. The summed E-state index contributed by atoms with van der Waals surface area (Å²) in [4.78, 5) is 12.0. The Morgan fingerprint density at radius 3 is 2.65 bits per heavy atom. The second-order valence-corrected chi connectivity index (χ2v) is 8.90. The van der Waals surface area contributed by atoms with Crippen LogP contribution in [0.2, 0.25) is 0 Å². The number of rotatable bonds is 7. The Labute approximate surface area is 139 Å². The maximum absolute atomic E-state index is 12.1. The van der Waals surface area contributed by atoms with Crippen LogP contribution in [0.15, 0.2) is 30.3 Å². The first-order valence-electron chi connectivity index (χ1n) is 8.48. The van der Waals surface area contributed by atoms with Gasteiger partial charge in [0.25, 0.3) is 0 Å². The van der Waals surface area contributed by atoms with E-state index < -0.39 is 9.84 Å². The second kappa shape index (κ2) is 8.48. The number of hydrogen-bond acceptors (Lipinski definition) is 3. The molecule has 23 heavy (non-hydrogen) atoms. The molecule has 1 amide bonds. The molecule has 1 aliphatic rings. The third kappa shape index (κ3) is 6.73. The van der Waals surface area contributed by atoms with Crippen LogP contribution in [0.1, 0.15) is 44.6 Å². The first-order chi connectivity index (χ1) is 10.9. The molecule has 2 atom stereocenters. The average Bonchev–Trinajstić information content (AvgIpc) is 2.47. The van der Waals surface area contributed by atoms with Gasteiger partial charge in [-0.2, -0.15) is 0 Å². The molecule has 2 unspecified atom stereocenters. The van der Waals surface area contributed by atoms with E-state index in [1.54, 1.807) is 0 Å². The van der Waals surface area contributed by atoms with Gasteiger partial charge in [0.15, 0.2) is 9.84 Å². The number of aryl methyl sites for hydroxylation is 1. The molecule has 0 bridgehead atoms. The van der Waals surface area contributed by atoms with Gasteiger partial charge in [0.1, 0.15) is 5.75 Å². The summed E-state index contributed by atoms with van der Waals surface area (Å²) >= 11 is 0. The molecule has 1 aromatic rings. The molecule has 1 aliphatic carbocycles. The summed E-state index contributed by atoms with van der Waals surface area (Å²) in [6.45, 7) is 2.18. The van der Waals surface area contributed by atoms with Gasteiger partial charge in [-0.15, -0.1) is 0 Å². The summed E-state index contributed by atoms with van der Waals surface area (Å²) < 4.78 is 24.2. The summed E-state index contributed by atoms with van der Waals surface area (Å²) in [6, 6.07) is 9.96. The van der Waals surface area contributed by atoms with Gasteiger partial charge in [-0.25, -0.2) is 8.42 Å². The van der Waals surface area contributed by atoms with Crippen molar-refractivity contribution in [2.75, 3.05) is 11.5 Å². The molecule has 5 heteroatoms. The van der Waals surface area contributed by atoms with Crippen LogP contribution in [0, 0.1) is 5.92 Å². The van der Waals surface area contributed by atoms with Crippen molar-refractivity contribution >= 4 is 15.7 Å². The molecule has 0 aromatic heterocycles. The standard InChI is InChI=1S/C18H27NO3S/c1-15-7-5-11-17(13-15)19-18(20)14-23(21,22)12-6-10-16-8-3-2-4-9-16/h2-4,8-9,15,17H,5-7,10-14H2,1H3,(H,19,20). The van der Waals surface area contributed by atoms with Gasteiger partial charge in [0, 0.05) is 6.04 Å². The maximum Gasteiger partial charge on any atom is 0.235 e. The molecular formula is C18H27NO3S.